The van der Waals surface area contributed by atoms with Gasteiger partial charge in [0.25, 0.3) is 5.56 Å². The first-order valence-corrected chi connectivity index (χ1v) is 8.51. The zero-order chi connectivity index (χ0) is 19.3. The van der Waals surface area contributed by atoms with Crippen molar-refractivity contribution in [1.82, 2.24) is 4.40 Å². The predicted molar refractivity (Wildman–Crippen MR) is 98.8 cm³/mol. The summed E-state index contributed by atoms with van der Waals surface area (Å²) in [5.74, 6) is -0.415. The summed E-state index contributed by atoms with van der Waals surface area (Å²) in [6.45, 7) is 1.86. The van der Waals surface area contributed by atoms with E-state index in [0.717, 1.165) is 29.5 Å². The first-order valence-electron chi connectivity index (χ1n) is 8.51. The van der Waals surface area contributed by atoms with Gasteiger partial charge in [-0.1, -0.05) is 0 Å². The Labute approximate surface area is 153 Å². The monoisotopic (exact) mass is 368 g/mol. The summed E-state index contributed by atoms with van der Waals surface area (Å²) in [5, 5.41) is 8.89. The third-order valence-corrected chi connectivity index (χ3v) is 4.83. The zero-order valence-electron chi connectivity index (χ0n) is 14.5. The summed E-state index contributed by atoms with van der Waals surface area (Å²) in [5.41, 5.74) is 9.26. The highest BCUT2D eigenvalue weighted by Crippen LogP contribution is 2.44. The maximum atomic E-state index is 13.8. The first-order chi connectivity index (χ1) is 12.8. The summed E-state index contributed by atoms with van der Waals surface area (Å²) in [4.78, 5) is 23.6. The number of fused-ring (bicyclic) bond motifs is 1. The van der Waals surface area contributed by atoms with E-state index < -0.39 is 17.5 Å². The molecule has 2 heterocycles. The number of hydrogen-bond acceptors (Lipinski definition) is 4. The third-order valence-electron chi connectivity index (χ3n) is 4.83. The minimum atomic E-state index is -1.53. The second-order valence-electron chi connectivity index (χ2n) is 6.76. The number of nitrogen functional groups attached to an aromatic ring is 1. The lowest BCUT2D eigenvalue weighted by Crippen LogP contribution is -2.20. The Hall–Kier alpha value is -3.35. The Balaban J connectivity index is 2.01. The fourth-order valence-corrected chi connectivity index (χ4v) is 3.53. The maximum absolute atomic E-state index is 13.8. The predicted octanol–water partition coefficient (Wildman–Crippen LogP) is 3.93. The van der Waals surface area contributed by atoms with Crippen molar-refractivity contribution < 1.29 is 19.0 Å². The van der Waals surface area contributed by atoms with E-state index in [1.165, 1.54) is 22.6 Å². The number of pyridine rings is 2. The Kier molecular flexibility index (Phi) is 3.87. The highest BCUT2D eigenvalue weighted by molar-refractivity contribution is 5.79. The molecule has 27 heavy (non-hydrogen) atoms. The molecule has 1 aromatic carbocycles. The molecular weight excluding hydrogens is 351 g/mol. The number of benzene rings is 1. The van der Waals surface area contributed by atoms with Crippen molar-refractivity contribution in [3.63, 3.8) is 0 Å². The van der Waals surface area contributed by atoms with Crippen LogP contribution in [0.25, 0.3) is 16.6 Å². The van der Waals surface area contributed by atoms with E-state index in [4.69, 9.17) is 10.8 Å². The molecule has 0 unspecified atom stereocenters. The molecule has 0 saturated heterocycles. The molecule has 1 fully saturated rings. The van der Waals surface area contributed by atoms with Crippen LogP contribution >= 0.6 is 0 Å². The van der Waals surface area contributed by atoms with Gasteiger partial charge >= 0.3 is 6.16 Å². The molecule has 1 aliphatic carbocycles. The molecule has 138 valence electrons. The van der Waals surface area contributed by atoms with Gasteiger partial charge in [0, 0.05) is 11.9 Å². The molecule has 6 nitrogen and oxygen atoms in total. The average molecular weight is 368 g/mol. The first kappa shape index (κ1) is 17.1. The topological polar surface area (TPSA) is 94.0 Å². The zero-order valence-corrected chi connectivity index (χ0v) is 14.5. The molecule has 0 bridgehead atoms. The van der Waals surface area contributed by atoms with Crippen LogP contribution in [0.2, 0.25) is 0 Å². The van der Waals surface area contributed by atoms with Crippen LogP contribution in [-0.2, 0) is 0 Å². The molecule has 0 amide bonds. The number of halogens is 1. The van der Waals surface area contributed by atoms with Gasteiger partial charge in [0.1, 0.15) is 5.82 Å². The van der Waals surface area contributed by atoms with Crippen molar-refractivity contribution in [1.29, 1.82) is 0 Å². The standard InChI is InChI=1S/C20H17FN2O4/c1-10-15(12-6-13(21)8-14(22)7-12)4-5-23-18(10)16(11-2-3-11)9-17(19(23)24)27-20(25)26/h4-9,11H,2-3,22H2,1H3,(H,25,26). The van der Waals surface area contributed by atoms with Crippen molar-refractivity contribution in [3.8, 4) is 16.9 Å². The minimum Gasteiger partial charge on any atom is -0.449 e. The van der Waals surface area contributed by atoms with Crippen LogP contribution < -0.4 is 16.0 Å². The van der Waals surface area contributed by atoms with E-state index in [0.29, 0.717) is 16.8 Å². The van der Waals surface area contributed by atoms with E-state index >= 15 is 0 Å². The number of carbonyl (C=O) groups is 1. The van der Waals surface area contributed by atoms with Crippen molar-refractivity contribution >= 4 is 17.4 Å². The number of aromatic nitrogens is 1. The number of aryl methyl sites for hydroxylation is 1. The van der Waals surface area contributed by atoms with Gasteiger partial charge in [0.15, 0.2) is 5.75 Å². The molecule has 4 rings (SSSR count). The van der Waals surface area contributed by atoms with Gasteiger partial charge in [-0.2, -0.15) is 0 Å². The van der Waals surface area contributed by atoms with Gasteiger partial charge in [-0.05, 0) is 78.3 Å². The number of hydrogen-bond donors (Lipinski definition) is 2. The Morgan fingerprint density at radius 2 is 2.04 bits per heavy atom. The lowest BCUT2D eigenvalue weighted by molar-refractivity contribution is 0.143. The Bertz CT molecular complexity index is 1130. The normalized spacial score (nSPS) is 13.7. The van der Waals surface area contributed by atoms with Crippen LogP contribution in [0.15, 0.2) is 41.3 Å². The number of rotatable bonds is 3. The second kappa shape index (κ2) is 6.12. The van der Waals surface area contributed by atoms with E-state index in [-0.39, 0.29) is 11.7 Å². The van der Waals surface area contributed by atoms with Gasteiger partial charge in [0.05, 0.1) is 5.52 Å². The molecule has 0 spiro atoms. The third kappa shape index (κ3) is 3.01. The number of nitrogens with zero attached hydrogens (tertiary/aromatic N) is 1. The van der Waals surface area contributed by atoms with Crippen LogP contribution in [0.3, 0.4) is 0 Å². The number of ether oxygens (including phenoxy) is 1. The van der Waals surface area contributed by atoms with Crippen molar-refractivity contribution in [2.75, 3.05) is 5.73 Å². The molecule has 1 aliphatic rings. The van der Waals surface area contributed by atoms with Crippen molar-refractivity contribution in [2.24, 2.45) is 0 Å². The van der Waals surface area contributed by atoms with Crippen LogP contribution in [-0.4, -0.2) is 15.7 Å². The molecule has 3 aromatic rings. The highest BCUT2D eigenvalue weighted by atomic mass is 19.1. The highest BCUT2D eigenvalue weighted by Gasteiger charge is 2.29. The summed E-state index contributed by atoms with van der Waals surface area (Å²) < 4.78 is 19.9. The van der Waals surface area contributed by atoms with Gasteiger partial charge in [-0.15, -0.1) is 0 Å². The van der Waals surface area contributed by atoms with Gasteiger partial charge in [-0.25, -0.2) is 9.18 Å². The Morgan fingerprint density at radius 3 is 2.67 bits per heavy atom. The van der Waals surface area contributed by atoms with Crippen LogP contribution in [0.5, 0.6) is 5.75 Å². The lowest BCUT2D eigenvalue weighted by atomic mass is 9.97. The molecular formula is C20H17FN2O4. The molecule has 0 atom stereocenters. The molecule has 2 aromatic heterocycles. The van der Waals surface area contributed by atoms with E-state index in [1.807, 2.05) is 6.92 Å². The molecule has 0 aliphatic heterocycles. The minimum absolute atomic E-state index is 0.218. The smallest absolute Gasteiger partial charge is 0.449 e. The molecule has 0 radical (unpaired) electrons. The summed E-state index contributed by atoms with van der Waals surface area (Å²) in [6, 6.07) is 7.53. The quantitative estimate of drug-likeness (QED) is 0.540. The summed E-state index contributed by atoms with van der Waals surface area (Å²) in [7, 11) is 0. The average Bonchev–Trinajstić information content (AvgIpc) is 3.41. The molecule has 1 saturated carbocycles. The van der Waals surface area contributed by atoms with Crippen LogP contribution in [0.4, 0.5) is 14.9 Å². The number of anilines is 1. The van der Waals surface area contributed by atoms with Gasteiger partial charge < -0.3 is 15.6 Å². The SMILES string of the molecule is Cc1c(-c2cc(N)cc(F)c2)ccn2c(=O)c(OC(=O)O)cc(C3CC3)c12. The van der Waals surface area contributed by atoms with Crippen molar-refractivity contribution in [3.05, 3.63) is 63.8 Å². The largest absolute Gasteiger partial charge is 0.511 e. The van der Waals surface area contributed by atoms with Crippen molar-refractivity contribution in [2.45, 2.75) is 25.7 Å². The van der Waals surface area contributed by atoms with E-state index in [2.05, 4.69) is 4.74 Å². The summed E-state index contributed by atoms with van der Waals surface area (Å²) in [6.07, 6.45) is 1.94. The lowest BCUT2D eigenvalue weighted by Gasteiger charge is -2.16. The molecule has 3 N–H and O–H groups in total. The maximum Gasteiger partial charge on any atom is 0.511 e. The number of carboxylic acid groups (broad SMARTS) is 1. The Morgan fingerprint density at radius 1 is 1.30 bits per heavy atom. The van der Waals surface area contributed by atoms with E-state index in [1.54, 1.807) is 18.3 Å². The fourth-order valence-electron chi connectivity index (χ4n) is 3.53. The van der Waals surface area contributed by atoms with Gasteiger partial charge in [0.2, 0.25) is 0 Å². The van der Waals surface area contributed by atoms with Crippen LogP contribution in [0, 0.1) is 12.7 Å². The van der Waals surface area contributed by atoms with Gasteiger partial charge in [-0.3, -0.25) is 9.20 Å². The fraction of sp³-hybridized carbons (Fsp3) is 0.200. The summed E-state index contributed by atoms with van der Waals surface area (Å²) >= 11 is 0. The van der Waals surface area contributed by atoms with Crippen LogP contribution in [0.1, 0.15) is 29.9 Å². The number of nitrogens with two attached hydrogens (primary N) is 1. The second-order valence-corrected chi connectivity index (χ2v) is 6.76. The van der Waals surface area contributed by atoms with E-state index in [9.17, 15) is 14.0 Å². The molecule has 7 heteroatoms.